The van der Waals surface area contributed by atoms with E-state index in [9.17, 15) is 14.4 Å². The Morgan fingerprint density at radius 3 is 2.63 bits per heavy atom. The molecule has 196 valence electrons. The van der Waals surface area contributed by atoms with E-state index in [1.165, 1.54) is 30.2 Å². The first-order chi connectivity index (χ1) is 18.4. The van der Waals surface area contributed by atoms with E-state index in [4.69, 9.17) is 14.5 Å². The van der Waals surface area contributed by atoms with Crippen LogP contribution in [0, 0.1) is 0 Å². The molecule has 0 radical (unpaired) electrons. The van der Waals surface area contributed by atoms with Crippen molar-refractivity contribution in [3.05, 3.63) is 69.3 Å². The summed E-state index contributed by atoms with van der Waals surface area (Å²) in [7, 11) is 3.08. The van der Waals surface area contributed by atoms with E-state index < -0.39 is 0 Å². The Labute approximate surface area is 227 Å². The predicted octanol–water partition coefficient (Wildman–Crippen LogP) is 4.10. The number of aromatic nitrogens is 2. The van der Waals surface area contributed by atoms with Gasteiger partial charge >= 0.3 is 0 Å². The number of carbonyl (C=O) groups excluding carboxylic acids is 2. The second-order valence-electron chi connectivity index (χ2n) is 8.65. The SMILES string of the molecule is COc1ccc(NC(=O)CSc2nc3sc4c(c3c(=O)n2-c2ccccc2)CCN(C(C)=O)C4)c(OC)c1. The molecule has 11 heteroatoms. The summed E-state index contributed by atoms with van der Waals surface area (Å²) in [5.74, 6) is 0.868. The quantitative estimate of drug-likeness (QED) is 0.273. The van der Waals surface area contributed by atoms with Gasteiger partial charge in [-0.2, -0.15) is 0 Å². The van der Waals surface area contributed by atoms with Crippen molar-refractivity contribution in [1.29, 1.82) is 0 Å². The van der Waals surface area contributed by atoms with Crippen molar-refractivity contribution in [2.45, 2.75) is 25.0 Å². The van der Waals surface area contributed by atoms with Crippen LogP contribution in [0.25, 0.3) is 15.9 Å². The number of amides is 2. The predicted molar refractivity (Wildman–Crippen MR) is 149 cm³/mol. The number of fused-ring (bicyclic) bond motifs is 3. The van der Waals surface area contributed by atoms with Gasteiger partial charge in [0, 0.05) is 24.4 Å². The number of hydrogen-bond donors (Lipinski definition) is 1. The molecule has 2 aromatic carbocycles. The highest BCUT2D eigenvalue weighted by Gasteiger charge is 2.26. The maximum Gasteiger partial charge on any atom is 0.267 e. The lowest BCUT2D eigenvalue weighted by Gasteiger charge is -2.25. The molecule has 4 aromatic rings. The number of methoxy groups -OCH3 is 2. The van der Waals surface area contributed by atoms with Crippen LogP contribution in [0.3, 0.4) is 0 Å². The largest absolute Gasteiger partial charge is 0.497 e. The fourth-order valence-electron chi connectivity index (χ4n) is 4.41. The Morgan fingerprint density at radius 1 is 1.13 bits per heavy atom. The highest BCUT2D eigenvalue weighted by molar-refractivity contribution is 7.99. The molecule has 0 fully saturated rings. The summed E-state index contributed by atoms with van der Waals surface area (Å²) in [6.45, 7) is 2.61. The van der Waals surface area contributed by atoms with Crippen molar-refractivity contribution in [2.75, 3.05) is 31.8 Å². The molecule has 1 N–H and O–H groups in total. The smallest absolute Gasteiger partial charge is 0.267 e. The van der Waals surface area contributed by atoms with Gasteiger partial charge in [-0.25, -0.2) is 4.98 Å². The number of nitrogens with one attached hydrogen (secondary N) is 1. The van der Waals surface area contributed by atoms with Crippen LogP contribution < -0.4 is 20.3 Å². The van der Waals surface area contributed by atoms with Crippen LogP contribution in [0.5, 0.6) is 11.5 Å². The van der Waals surface area contributed by atoms with E-state index in [2.05, 4.69) is 5.32 Å². The minimum atomic E-state index is -0.269. The van der Waals surface area contributed by atoms with Crippen LogP contribution >= 0.6 is 23.1 Å². The van der Waals surface area contributed by atoms with Crippen LogP contribution in [0.2, 0.25) is 0 Å². The van der Waals surface area contributed by atoms with Gasteiger partial charge in [0.25, 0.3) is 5.56 Å². The molecule has 2 amide bonds. The third kappa shape index (κ3) is 4.99. The summed E-state index contributed by atoms with van der Waals surface area (Å²) >= 11 is 2.62. The van der Waals surface area contributed by atoms with Crippen molar-refractivity contribution in [2.24, 2.45) is 0 Å². The van der Waals surface area contributed by atoms with Crippen molar-refractivity contribution < 1.29 is 19.1 Å². The topological polar surface area (TPSA) is 103 Å². The summed E-state index contributed by atoms with van der Waals surface area (Å²) in [5.41, 5.74) is 1.98. The molecule has 0 unspecified atom stereocenters. The van der Waals surface area contributed by atoms with Gasteiger partial charge < -0.3 is 19.7 Å². The number of para-hydroxylation sites is 1. The lowest BCUT2D eigenvalue weighted by molar-refractivity contribution is -0.129. The first kappa shape index (κ1) is 25.8. The normalized spacial score (nSPS) is 12.8. The average Bonchev–Trinajstić information content (AvgIpc) is 3.30. The monoisotopic (exact) mass is 550 g/mol. The molecule has 0 aliphatic carbocycles. The van der Waals surface area contributed by atoms with Crippen LogP contribution in [-0.2, 0) is 22.6 Å². The van der Waals surface area contributed by atoms with Gasteiger partial charge in [-0.1, -0.05) is 30.0 Å². The van der Waals surface area contributed by atoms with Crippen molar-refractivity contribution >= 4 is 50.8 Å². The minimum absolute atomic E-state index is 0.0125. The number of rotatable bonds is 7. The fourth-order valence-corrected chi connectivity index (χ4v) is 6.50. The van der Waals surface area contributed by atoms with E-state index in [0.717, 1.165) is 10.4 Å². The lowest BCUT2D eigenvalue weighted by atomic mass is 10.1. The molecule has 0 saturated heterocycles. The molecular formula is C27H26N4O5S2. The van der Waals surface area contributed by atoms with Gasteiger partial charge in [-0.15, -0.1) is 11.3 Å². The highest BCUT2D eigenvalue weighted by Crippen LogP contribution is 2.35. The second-order valence-corrected chi connectivity index (χ2v) is 10.7. The molecule has 2 aromatic heterocycles. The zero-order valence-corrected chi connectivity index (χ0v) is 22.8. The third-order valence-corrected chi connectivity index (χ3v) is 8.37. The number of carbonyl (C=O) groups is 2. The number of thiophene rings is 1. The Morgan fingerprint density at radius 2 is 1.92 bits per heavy atom. The van der Waals surface area contributed by atoms with Crippen molar-refractivity contribution in [3.8, 4) is 17.2 Å². The fraction of sp³-hybridized carbons (Fsp3) is 0.259. The summed E-state index contributed by atoms with van der Waals surface area (Å²) in [5, 5.41) is 3.87. The van der Waals surface area contributed by atoms with Gasteiger partial charge in [0.15, 0.2) is 5.16 Å². The lowest BCUT2D eigenvalue weighted by Crippen LogP contribution is -2.34. The molecular weight excluding hydrogens is 524 g/mol. The van der Waals surface area contributed by atoms with E-state index in [0.29, 0.717) is 57.8 Å². The van der Waals surface area contributed by atoms with Crippen LogP contribution in [-0.4, -0.2) is 52.8 Å². The van der Waals surface area contributed by atoms with E-state index in [-0.39, 0.29) is 23.1 Å². The van der Waals surface area contributed by atoms with Gasteiger partial charge in [-0.3, -0.25) is 19.0 Å². The third-order valence-electron chi connectivity index (χ3n) is 6.32. The van der Waals surface area contributed by atoms with E-state index in [1.807, 2.05) is 30.3 Å². The number of hydrogen-bond acceptors (Lipinski definition) is 8. The van der Waals surface area contributed by atoms with Gasteiger partial charge in [0.1, 0.15) is 16.3 Å². The summed E-state index contributed by atoms with van der Waals surface area (Å²) in [6.07, 6.45) is 0.610. The van der Waals surface area contributed by atoms with E-state index in [1.54, 1.807) is 41.7 Å². The first-order valence-corrected chi connectivity index (χ1v) is 13.7. The molecule has 9 nitrogen and oxygen atoms in total. The standard InChI is InChI=1S/C27H26N4O5S2/c1-16(32)30-12-11-19-22(14-30)38-25-24(19)26(34)31(17-7-5-4-6-8-17)27(29-25)37-15-23(33)28-20-10-9-18(35-2)13-21(20)36-3/h4-10,13H,11-12,14-15H2,1-3H3,(H,28,33). The molecule has 0 spiro atoms. The molecule has 3 heterocycles. The van der Waals surface area contributed by atoms with Crippen LogP contribution in [0.4, 0.5) is 5.69 Å². The molecule has 0 saturated carbocycles. The number of ether oxygens (including phenoxy) is 2. The molecule has 1 aliphatic rings. The zero-order chi connectivity index (χ0) is 26.8. The Kier molecular flexibility index (Phi) is 7.39. The highest BCUT2D eigenvalue weighted by atomic mass is 32.2. The first-order valence-electron chi connectivity index (χ1n) is 11.9. The van der Waals surface area contributed by atoms with Gasteiger partial charge in [0.2, 0.25) is 11.8 Å². The maximum atomic E-state index is 13.9. The molecule has 1 aliphatic heterocycles. The molecule has 5 rings (SSSR count). The van der Waals surface area contributed by atoms with Crippen molar-refractivity contribution in [1.82, 2.24) is 14.5 Å². The Bertz CT molecular complexity index is 1580. The van der Waals surface area contributed by atoms with Gasteiger partial charge in [-0.05, 0) is 36.2 Å². The summed E-state index contributed by atoms with van der Waals surface area (Å²) in [4.78, 5) is 46.9. The number of thioether (sulfide) groups is 1. The van der Waals surface area contributed by atoms with E-state index >= 15 is 0 Å². The number of benzene rings is 2. The minimum Gasteiger partial charge on any atom is -0.497 e. The Hall–Kier alpha value is -3.83. The molecule has 0 atom stereocenters. The summed E-state index contributed by atoms with van der Waals surface area (Å²) in [6, 6.07) is 14.4. The Balaban J connectivity index is 1.48. The summed E-state index contributed by atoms with van der Waals surface area (Å²) < 4.78 is 12.2. The maximum absolute atomic E-state index is 13.9. The zero-order valence-electron chi connectivity index (χ0n) is 21.1. The second kappa shape index (κ2) is 10.9. The van der Waals surface area contributed by atoms with Crippen LogP contribution in [0.1, 0.15) is 17.4 Å². The molecule has 0 bridgehead atoms. The number of nitrogens with zero attached hydrogens (tertiary/aromatic N) is 3. The average molecular weight is 551 g/mol. The van der Waals surface area contributed by atoms with Crippen LogP contribution in [0.15, 0.2) is 58.5 Å². The molecule has 38 heavy (non-hydrogen) atoms. The number of anilines is 1. The van der Waals surface area contributed by atoms with Crippen molar-refractivity contribution in [3.63, 3.8) is 0 Å². The van der Waals surface area contributed by atoms with Gasteiger partial charge in [0.05, 0.1) is 43.3 Å².